The van der Waals surface area contributed by atoms with E-state index in [0.717, 1.165) is 13.0 Å². The topological polar surface area (TPSA) is 33.6 Å². The first-order valence-corrected chi connectivity index (χ1v) is 5.25. The van der Waals surface area contributed by atoms with E-state index in [-0.39, 0.29) is 0 Å². The lowest BCUT2D eigenvalue weighted by molar-refractivity contribution is 0.202. The van der Waals surface area contributed by atoms with Crippen LogP contribution >= 0.6 is 0 Å². The number of piperidine rings is 1. The van der Waals surface area contributed by atoms with Crippen LogP contribution in [-0.4, -0.2) is 25.4 Å². The Balaban J connectivity index is 2.06. The summed E-state index contributed by atoms with van der Waals surface area (Å²) >= 11 is 0. The van der Waals surface area contributed by atoms with Crippen molar-refractivity contribution in [2.75, 3.05) is 13.7 Å². The maximum absolute atomic E-state index is 4.89. The van der Waals surface area contributed by atoms with Gasteiger partial charge in [0, 0.05) is 24.9 Å². The van der Waals surface area contributed by atoms with E-state index in [9.17, 15) is 0 Å². The monoisotopic (exact) mass is 182 g/mol. The average Bonchev–Trinajstić information content (AvgIpc) is 2.19. The second kappa shape index (κ2) is 4.09. The highest BCUT2D eigenvalue weighted by atomic mass is 16.6. The van der Waals surface area contributed by atoms with Crippen LogP contribution in [0.5, 0.6) is 0 Å². The Morgan fingerprint density at radius 3 is 3.08 bits per heavy atom. The van der Waals surface area contributed by atoms with Crippen LogP contribution in [0.25, 0.3) is 0 Å². The highest BCUT2D eigenvalue weighted by Crippen LogP contribution is 2.29. The van der Waals surface area contributed by atoms with Crippen LogP contribution < -0.4 is 5.32 Å². The molecule has 0 aromatic rings. The van der Waals surface area contributed by atoms with E-state index in [0.29, 0.717) is 12.0 Å². The summed E-state index contributed by atoms with van der Waals surface area (Å²) < 4.78 is 0. The molecule has 0 spiro atoms. The molecule has 0 amide bonds. The van der Waals surface area contributed by atoms with Crippen LogP contribution in [0.2, 0.25) is 0 Å². The van der Waals surface area contributed by atoms with Gasteiger partial charge in [0.25, 0.3) is 0 Å². The molecule has 2 rings (SSSR count). The third kappa shape index (κ3) is 1.85. The Morgan fingerprint density at radius 1 is 1.38 bits per heavy atom. The first kappa shape index (κ1) is 9.00. The smallest absolute Gasteiger partial charge is 0.106 e. The van der Waals surface area contributed by atoms with Crippen LogP contribution in [0.4, 0.5) is 0 Å². The van der Waals surface area contributed by atoms with Gasteiger partial charge in [-0.15, -0.1) is 0 Å². The van der Waals surface area contributed by atoms with Crippen molar-refractivity contribution in [3.63, 3.8) is 0 Å². The fourth-order valence-corrected chi connectivity index (χ4v) is 2.58. The predicted octanol–water partition coefficient (Wildman–Crippen LogP) is 1.54. The van der Waals surface area contributed by atoms with Gasteiger partial charge >= 0.3 is 0 Å². The lowest BCUT2D eigenvalue weighted by Crippen LogP contribution is -2.48. The van der Waals surface area contributed by atoms with E-state index in [1.807, 2.05) is 0 Å². The molecule has 1 heterocycles. The van der Waals surface area contributed by atoms with Gasteiger partial charge in [-0.25, -0.2) is 0 Å². The van der Waals surface area contributed by atoms with E-state index >= 15 is 0 Å². The van der Waals surface area contributed by atoms with Crippen LogP contribution in [0.3, 0.4) is 0 Å². The minimum Gasteiger partial charge on any atom is -0.399 e. The standard InChI is InChI=1S/C10H18N2O/c1-13-12-10-6-7-11-9-5-3-2-4-8(9)10/h8-9,11H,2-7H2,1H3. The first-order valence-electron chi connectivity index (χ1n) is 5.25. The van der Waals surface area contributed by atoms with E-state index in [1.54, 1.807) is 7.11 Å². The fourth-order valence-electron chi connectivity index (χ4n) is 2.58. The molecular formula is C10H18N2O. The second-order valence-electron chi connectivity index (χ2n) is 3.97. The van der Waals surface area contributed by atoms with Crippen molar-refractivity contribution in [1.82, 2.24) is 5.32 Å². The average molecular weight is 182 g/mol. The quantitative estimate of drug-likeness (QED) is 0.624. The molecule has 1 aliphatic carbocycles. The lowest BCUT2D eigenvalue weighted by atomic mass is 9.78. The molecule has 1 aliphatic heterocycles. The number of nitrogens with one attached hydrogen (secondary N) is 1. The zero-order valence-corrected chi connectivity index (χ0v) is 8.25. The number of nitrogens with zero attached hydrogens (tertiary/aromatic N) is 1. The Bertz CT molecular complexity index is 201. The van der Waals surface area contributed by atoms with Crippen LogP contribution in [0.1, 0.15) is 32.1 Å². The molecule has 3 nitrogen and oxygen atoms in total. The van der Waals surface area contributed by atoms with Gasteiger partial charge in [0.15, 0.2) is 0 Å². The molecule has 2 fully saturated rings. The fraction of sp³-hybridized carbons (Fsp3) is 0.900. The molecule has 74 valence electrons. The molecule has 2 unspecified atom stereocenters. The zero-order chi connectivity index (χ0) is 9.10. The van der Waals surface area contributed by atoms with Crippen LogP contribution in [0.15, 0.2) is 5.16 Å². The van der Waals surface area contributed by atoms with Crippen LogP contribution in [0, 0.1) is 5.92 Å². The van der Waals surface area contributed by atoms with E-state index < -0.39 is 0 Å². The highest BCUT2D eigenvalue weighted by Gasteiger charge is 2.32. The molecule has 1 N–H and O–H groups in total. The Labute approximate surface area is 79.5 Å². The largest absolute Gasteiger partial charge is 0.399 e. The van der Waals surface area contributed by atoms with Gasteiger partial charge in [0.05, 0.1) is 5.71 Å². The number of hydrogen-bond acceptors (Lipinski definition) is 3. The zero-order valence-electron chi connectivity index (χ0n) is 8.25. The maximum atomic E-state index is 4.89. The highest BCUT2D eigenvalue weighted by molar-refractivity contribution is 5.88. The maximum Gasteiger partial charge on any atom is 0.106 e. The van der Waals surface area contributed by atoms with E-state index in [2.05, 4.69) is 10.5 Å². The van der Waals surface area contributed by atoms with Crippen molar-refractivity contribution in [2.45, 2.75) is 38.1 Å². The molecule has 0 bridgehead atoms. The lowest BCUT2D eigenvalue weighted by Gasteiger charge is -2.36. The van der Waals surface area contributed by atoms with Crippen molar-refractivity contribution >= 4 is 5.71 Å². The third-order valence-electron chi connectivity index (χ3n) is 3.19. The summed E-state index contributed by atoms with van der Waals surface area (Å²) in [6.45, 7) is 1.07. The van der Waals surface area contributed by atoms with Gasteiger partial charge in [-0.3, -0.25) is 0 Å². The molecule has 1 saturated carbocycles. The number of fused-ring (bicyclic) bond motifs is 1. The predicted molar refractivity (Wildman–Crippen MR) is 52.8 cm³/mol. The van der Waals surface area contributed by atoms with Crippen molar-refractivity contribution < 1.29 is 4.84 Å². The minimum atomic E-state index is 0.655. The first-order chi connectivity index (χ1) is 6.42. The summed E-state index contributed by atoms with van der Waals surface area (Å²) in [4.78, 5) is 4.89. The minimum absolute atomic E-state index is 0.655. The SMILES string of the molecule is CON=C1CCNC2CCCCC12. The molecule has 1 saturated heterocycles. The van der Waals surface area contributed by atoms with Gasteiger partial charge in [0.2, 0.25) is 0 Å². The molecule has 13 heavy (non-hydrogen) atoms. The summed E-state index contributed by atoms with van der Waals surface area (Å²) in [6, 6.07) is 0.677. The molecule has 0 radical (unpaired) electrons. The summed E-state index contributed by atoms with van der Waals surface area (Å²) in [5.74, 6) is 0.655. The summed E-state index contributed by atoms with van der Waals surface area (Å²) in [5.41, 5.74) is 1.28. The van der Waals surface area contributed by atoms with Gasteiger partial charge in [-0.1, -0.05) is 18.0 Å². The Kier molecular flexibility index (Phi) is 2.83. The van der Waals surface area contributed by atoms with E-state index in [4.69, 9.17) is 4.84 Å². The van der Waals surface area contributed by atoms with Gasteiger partial charge in [0.1, 0.15) is 7.11 Å². The van der Waals surface area contributed by atoms with Gasteiger partial charge in [-0.2, -0.15) is 0 Å². The summed E-state index contributed by atoms with van der Waals surface area (Å²) in [5, 5.41) is 7.72. The number of rotatable bonds is 1. The normalized spacial score (nSPS) is 37.2. The van der Waals surface area contributed by atoms with Crippen molar-refractivity contribution in [2.24, 2.45) is 11.1 Å². The Hall–Kier alpha value is -0.570. The van der Waals surface area contributed by atoms with Crippen LogP contribution in [-0.2, 0) is 4.84 Å². The Morgan fingerprint density at radius 2 is 2.23 bits per heavy atom. The molecule has 0 aromatic heterocycles. The van der Waals surface area contributed by atoms with E-state index in [1.165, 1.54) is 31.4 Å². The summed E-state index contributed by atoms with van der Waals surface area (Å²) in [7, 11) is 1.65. The molecule has 2 atom stereocenters. The van der Waals surface area contributed by atoms with Crippen molar-refractivity contribution in [3.8, 4) is 0 Å². The molecule has 0 aromatic carbocycles. The number of hydrogen-bond donors (Lipinski definition) is 1. The number of oxime groups is 1. The molecule has 2 aliphatic rings. The van der Waals surface area contributed by atoms with Crippen molar-refractivity contribution in [1.29, 1.82) is 0 Å². The second-order valence-corrected chi connectivity index (χ2v) is 3.97. The van der Waals surface area contributed by atoms with Gasteiger partial charge < -0.3 is 10.2 Å². The summed E-state index contributed by atoms with van der Waals surface area (Å²) in [6.07, 6.45) is 6.39. The van der Waals surface area contributed by atoms with Gasteiger partial charge in [-0.05, 0) is 12.8 Å². The molecular weight excluding hydrogens is 164 g/mol. The third-order valence-corrected chi connectivity index (χ3v) is 3.19. The molecule has 3 heteroatoms. The van der Waals surface area contributed by atoms with Crippen molar-refractivity contribution in [3.05, 3.63) is 0 Å².